The molecule has 1 amide bonds. The molecule has 0 bridgehead atoms. The van der Waals surface area contributed by atoms with Crippen molar-refractivity contribution in [3.63, 3.8) is 0 Å². The second-order valence-corrected chi connectivity index (χ2v) is 10.7. The number of carbonyl (C=O) groups excluding carboxylic acids is 1. The fraction of sp³-hybridized carbons (Fsp3) is 0.769. The third kappa shape index (κ3) is 5.81. The number of ether oxygens (including phenoxy) is 2. The molecule has 2 aliphatic heterocycles. The van der Waals surface area contributed by atoms with Crippen molar-refractivity contribution >= 4 is 11.7 Å². The number of piperazine rings is 1. The van der Waals surface area contributed by atoms with Crippen molar-refractivity contribution in [1.82, 2.24) is 15.2 Å². The minimum atomic E-state index is -4.47. The number of alkyl halides is 3. The molecular weight excluding hydrogens is 473 g/mol. The quantitative estimate of drug-likeness (QED) is 0.603. The second-order valence-electron chi connectivity index (χ2n) is 10.7. The van der Waals surface area contributed by atoms with Crippen molar-refractivity contribution in [1.29, 1.82) is 0 Å². The average Bonchev–Trinajstić information content (AvgIpc) is 3.32. The summed E-state index contributed by atoms with van der Waals surface area (Å²) in [6.45, 7) is 8.41. The highest BCUT2D eigenvalue weighted by Crippen LogP contribution is 2.46. The third-order valence-corrected chi connectivity index (χ3v) is 8.41. The molecule has 3 fully saturated rings. The van der Waals surface area contributed by atoms with E-state index >= 15 is 0 Å². The van der Waals surface area contributed by atoms with Crippen LogP contribution in [0.15, 0.2) is 18.2 Å². The number of hydrogen-bond donors (Lipinski definition) is 1. The minimum Gasteiger partial charge on any atom is -0.379 e. The molecule has 1 N–H and O–H groups in total. The summed E-state index contributed by atoms with van der Waals surface area (Å²) in [5, 5.41) is 3.71. The molecule has 10 heteroatoms. The number of rotatable bonds is 7. The van der Waals surface area contributed by atoms with E-state index in [4.69, 9.17) is 9.47 Å². The molecule has 3 aliphatic rings. The number of pyridine rings is 1. The molecule has 1 aliphatic carbocycles. The Labute approximate surface area is 211 Å². The highest BCUT2D eigenvalue weighted by atomic mass is 19.4. The lowest BCUT2D eigenvalue weighted by Crippen LogP contribution is -2.54. The van der Waals surface area contributed by atoms with Crippen LogP contribution in [-0.4, -0.2) is 81.0 Å². The summed E-state index contributed by atoms with van der Waals surface area (Å²) in [6.07, 6.45) is -0.791. The zero-order valence-corrected chi connectivity index (χ0v) is 21.5. The highest BCUT2D eigenvalue weighted by molar-refractivity contribution is 5.83. The van der Waals surface area contributed by atoms with E-state index in [0.29, 0.717) is 44.5 Å². The van der Waals surface area contributed by atoms with Crippen LogP contribution in [0.4, 0.5) is 19.0 Å². The molecule has 1 aromatic rings. The molecule has 1 saturated carbocycles. The van der Waals surface area contributed by atoms with Gasteiger partial charge in [0.2, 0.25) is 5.91 Å². The number of aromatic nitrogens is 1. The summed E-state index contributed by atoms with van der Waals surface area (Å²) in [5.74, 6) is 1.10. The lowest BCUT2D eigenvalue weighted by molar-refractivity contribution is -0.145. The number of anilines is 1. The van der Waals surface area contributed by atoms with Gasteiger partial charge in [-0.1, -0.05) is 19.9 Å². The van der Waals surface area contributed by atoms with Crippen LogP contribution < -0.4 is 10.2 Å². The molecule has 202 valence electrons. The molecule has 2 saturated heterocycles. The monoisotopic (exact) mass is 512 g/mol. The first-order chi connectivity index (χ1) is 17.1. The third-order valence-electron chi connectivity index (χ3n) is 8.41. The molecule has 4 rings (SSSR count). The normalized spacial score (nSPS) is 29.7. The summed E-state index contributed by atoms with van der Waals surface area (Å²) < 4.78 is 50.3. The van der Waals surface area contributed by atoms with E-state index in [1.807, 2.05) is 9.80 Å². The fourth-order valence-corrected chi connectivity index (χ4v) is 5.99. The first kappa shape index (κ1) is 27.1. The van der Waals surface area contributed by atoms with Crippen molar-refractivity contribution in [3.05, 3.63) is 23.9 Å². The number of hydrogen-bond acceptors (Lipinski definition) is 6. The van der Waals surface area contributed by atoms with Gasteiger partial charge in [-0.15, -0.1) is 0 Å². The Morgan fingerprint density at radius 3 is 2.67 bits per heavy atom. The highest BCUT2D eigenvalue weighted by Gasteiger charge is 2.49. The van der Waals surface area contributed by atoms with E-state index in [0.717, 1.165) is 44.9 Å². The maximum atomic E-state index is 13.8. The fourth-order valence-electron chi connectivity index (χ4n) is 5.99. The van der Waals surface area contributed by atoms with E-state index < -0.39 is 17.3 Å². The lowest BCUT2D eigenvalue weighted by atomic mass is 9.74. The van der Waals surface area contributed by atoms with Crippen molar-refractivity contribution < 1.29 is 27.4 Å². The zero-order valence-electron chi connectivity index (χ0n) is 21.5. The van der Waals surface area contributed by atoms with Crippen molar-refractivity contribution in [2.24, 2.45) is 17.3 Å². The molecular formula is C26H39F3N4O3. The van der Waals surface area contributed by atoms with E-state index in [-0.39, 0.29) is 24.0 Å². The Hall–Kier alpha value is -1.91. The lowest BCUT2D eigenvalue weighted by Gasteiger charge is -2.42. The van der Waals surface area contributed by atoms with Gasteiger partial charge in [0.25, 0.3) is 0 Å². The SMILES string of the molecule is COC1COCCC1CN[C@@H]1CC[C@@](C(=O)N2CCN(c3cccc(C(F)(F)F)n3)CC2)(C(C)C)C1. The summed E-state index contributed by atoms with van der Waals surface area (Å²) in [7, 11) is 1.73. The largest absolute Gasteiger partial charge is 0.433 e. The van der Waals surface area contributed by atoms with Crippen LogP contribution in [0.25, 0.3) is 0 Å². The number of carbonyl (C=O) groups is 1. The van der Waals surface area contributed by atoms with E-state index in [9.17, 15) is 18.0 Å². The van der Waals surface area contributed by atoms with Gasteiger partial charge in [-0.3, -0.25) is 4.79 Å². The molecule has 4 atom stereocenters. The molecule has 1 aromatic heterocycles. The Balaban J connectivity index is 1.34. The van der Waals surface area contributed by atoms with Crippen molar-refractivity contribution in [2.75, 3.05) is 57.9 Å². The van der Waals surface area contributed by atoms with E-state index in [1.54, 1.807) is 13.2 Å². The summed E-state index contributed by atoms with van der Waals surface area (Å²) in [5.41, 5.74) is -1.30. The molecule has 0 radical (unpaired) electrons. The van der Waals surface area contributed by atoms with Gasteiger partial charge in [0.05, 0.1) is 18.1 Å². The van der Waals surface area contributed by atoms with Gasteiger partial charge >= 0.3 is 6.18 Å². The summed E-state index contributed by atoms with van der Waals surface area (Å²) >= 11 is 0. The van der Waals surface area contributed by atoms with Crippen LogP contribution in [0.2, 0.25) is 0 Å². The van der Waals surface area contributed by atoms with E-state index in [2.05, 4.69) is 24.1 Å². The molecule has 3 heterocycles. The standard InChI is InChI=1S/C26H39F3N4O3/c1-18(2)25(9-7-20(15-25)30-16-19-8-14-36-17-21(19)35-3)24(34)33-12-10-32(11-13-33)23-6-4-5-22(31-23)26(27,28)29/h4-6,18-21,30H,7-17H2,1-3H3/t19?,20-,21?,25+/m1/s1. The Morgan fingerprint density at radius 2 is 2.00 bits per heavy atom. The van der Waals surface area contributed by atoms with Gasteiger partial charge in [0, 0.05) is 58.4 Å². The number of halogens is 3. The Bertz CT molecular complexity index is 891. The van der Waals surface area contributed by atoms with Gasteiger partial charge in [0.1, 0.15) is 11.5 Å². The number of nitrogens with one attached hydrogen (secondary N) is 1. The second kappa shape index (κ2) is 11.2. The summed E-state index contributed by atoms with van der Waals surface area (Å²) in [4.78, 5) is 21.4. The Morgan fingerprint density at radius 1 is 1.25 bits per heavy atom. The number of methoxy groups -OCH3 is 1. The average molecular weight is 513 g/mol. The van der Waals surface area contributed by atoms with Crippen LogP contribution in [0, 0.1) is 17.3 Å². The van der Waals surface area contributed by atoms with Gasteiger partial charge < -0.3 is 24.6 Å². The molecule has 0 aromatic carbocycles. The van der Waals surface area contributed by atoms with Crippen LogP contribution in [0.5, 0.6) is 0 Å². The number of amides is 1. The maximum Gasteiger partial charge on any atom is 0.433 e. The Kier molecular flexibility index (Phi) is 8.46. The van der Waals surface area contributed by atoms with Crippen LogP contribution in [-0.2, 0) is 20.4 Å². The number of nitrogens with zero attached hydrogens (tertiary/aromatic N) is 3. The topological polar surface area (TPSA) is 66.9 Å². The van der Waals surface area contributed by atoms with Gasteiger partial charge in [-0.2, -0.15) is 13.2 Å². The minimum absolute atomic E-state index is 0.103. The van der Waals surface area contributed by atoms with Gasteiger partial charge in [0.15, 0.2) is 0 Å². The first-order valence-electron chi connectivity index (χ1n) is 13.1. The molecule has 2 unspecified atom stereocenters. The van der Waals surface area contributed by atoms with Crippen molar-refractivity contribution in [2.45, 2.75) is 57.9 Å². The van der Waals surface area contributed by atoms with Gasteiger partial charge in [-0.25, -0.2) is 4.98 Å². The first-order valence-corrected chi connectivity index (χ1v) is 13.1. The maximum absolute atomic E-state index is 13.8. The van der Waals surface area contributed by atoms with Crippen LogP contribution >= 0.6 is 0 Å². The zero-order chi connectivity index (χ0) is 25.9. The molecule has 36 heavy (non-hydrogen) atoms. The van der Waals surface area contributed by atoms with E-state index in [1.165, 1.54) is 6.07 Å². The molecule has 7 nitrogen and oxygen atoms in total. The van der Waals surface area contributed by atoms with Crippen molar-refractivity contribution in [3.8, 4) is 0 Å². The predicted octanol–water partition coefficient (Wildman–Crippen LogP) is 3.59. The summed E-state index contributed by atoms with van der Waals surface area (Å²) in [6, 6.07) is 4.25. The van der Waals surface area contributed by atoms with Gasteiger partial charge in [-0.05, 0) is 43.7 Å². The smallest absolute Gasteiger partial charge is 0.379 e. The predicted molar refractivity (Wildman–Crippen MR) is 131 cm³/mol. The van der Waals surface area contributed by atoms with Crippen LogP contribution in [0.3, 0.4) is 0 Å². The molecule has 0 spiro atoms. The van der Waals surface area contributed by atoms with Crippen LogP contribution in [0.1, 0.15) is 45.2 Å².